The number of aryl methyl sites for hydroxylation is 1. The van der Waals surface area contributed by atoms with Crippen LogP contribution in [0.2, 0.25) is 0 Å². The Labute approximate surface area is 132 Å². The van der Waals surface area contributed by atoms with Crippen molar-refractivity contribution in [3.63, 3.8) is 0 Å². The number of rotatable bonds is 3. The molecule has 0 aliphatic carbocycles. The van der Waals surface area contributed by atoms with Gasteiger partial charge < -0.3 is 4.90 Å². The standard InChI is InChI=1S/C19H21N3/c1-16-7-8-18(14-20)19(13-16)22-11-9-21(10-12-22)15-17-5-3-2-4-6-17/h2-8,13H,9-12,15H2,1H3. The molecule has 22 heavy (non-hydrogen) atoms. The molecule has 112 valence electrons. The Morgan fingerprint density at radius 2 is 1.73 bits per heavy atom. The average molecular weight is 291 g/mol. The highest BCUT2D eigenvalue weighted by atomic mass is 15.3. The van der Waals surface area contributed by atoms with Crippen LogP contribution in [0.4, 0.5) is 5.69 Å². The fraction of sp³-hybridized carbons (Fsp3) is 0.316. The van der Waals surface area contributed by atoms with Crippen LogP contribution in [-0.4, -0.2) is 31.1 Å². The second kappa shape index (κ2) is 6.64. The quantitative estimate of drug-likeness (QED) is 0.870. The lowest BCUT2D eigenvalue weighted by atomic mass is 10.1. The van der Waals surface area contributed by atoms with Gasteiger partial charge in [-0.3, -0.25) is 4.90 Å². The molecular formula is C19H21N3. The molecule has 0 aromatic heterocycles. The van der Waals surface area contributed by atoms with Crippen LogP contribution in [0.25, 0.3) is 0 Å². The van der Waals surface area contributed by atoms with Crippen LogP contribution in [0.3, 0.4) is 0 Å². The highest BCUT2D eigenvalue weighted by molar-refractivity contribution is 5.61. The number of piperazine rings is 1. The van der Waals surface area contributed by atoms with Gasteiger partial charge >= 0.3 is 0 Å². The molecule has 1 fully saturated rings. The SMILES string of the molecule is Cc1ccc(C#N)c(N2CCN(Cc3ccccc3)CC2)c1. The highest BCUT2D eigenvalue weighted by Gasteiger charge is 2.19. The number of nitrogens with zero attached hydrogens (tertiary/aromatic N) is 3. The molecule has 1 aliphatic rings. The van der Waals surface area contributed by atoms with Gasteiger partial charge in [0.05, 0.1) is 11.3 Å². The van der Waals surface area contributed by atoms with Gasteiger partial charge in [0.1, 0.15) is 6.07 Å². The van der Waals surface area contributed by atoms with Crippen LogP contribution in [0, 0.1) is 18.3 Å². The van der Waals surface area contributed by atoms with Crippen molar-refractivity contribution in [1.82, 2.24) is 4.90 Å². The summed E-state index contributed by atoms with van der Waals surface area (Å²) >= 11 is 0. The van der Waals surface area contributed by atoms with E-state index in [9.17, 15) is 5.26 Å². The zero-order valence-electron chi connectivity index (χ0n) is 13.0. The van der Waals surface area contributed by atoms with E-state index in [4.69, 9.17) is 0 Å². The molecule has 3 heteroatoms. The van der Waals surface area contributed by atoms with Gasteiger partial charge in [0.25, 0.3) is 0 Å². The fourth-order valence-electron chi connectivity index (χ4n) is 2.99. The summed E-state index contributed by atoms with van der Waals surface area (Å²) < 4.78 is 0. The van der Waals surface area contributed by atoms with Crippen LogP contribution >= 0.6 is 0 Å². The summed E-state index contributed by atoms with van der Waals surface area (Å²) in [6.07, 6.45) is 0. The molecule has 0 radical (unpaired) electrons. The third-order valence-corrected chi connectivity index (χ3v) is 4.24. The van der Waals surface area contributed by atoms with Crippen LogP contribution in [0.15, 0.2) is 48.5 Å². The van der Waals surface area contributed by atoms with Gasteiger partial charge in [-0.25, -0.2) is 0 Å². The first kappa shape index (κ1) is 14.6. The first-order valence-electron chi connectivity index (χ1n) is 7.78. The summed E-state index contributed by atoms with van der Waals surface area (Å²) in [4.78, 5) is 4.82. The van der Waals surface area contributed by atoms with E-state index in [1.165, 1.54) is 11.1 Å². The molecule has 3 nitrogen and oxygen atoms in total. The molecule has 0 amide bonds. The smallest absolute Gasteiger partial charge is 0.101 e. The molecule has 0 spiro atoms. The van der Waals surface area contributed by atoms with E-state index in [1.54, 1.807) is 0 Å². The predicted octanol–water partition coefficient (Wildman–Crippen LogP) is 3.19. The molecule has 0 saturated carbocycles. The third-order valence-electron chi connectivity index (χ3n) is 4.24. The third kappa shape index (κ3) is 3.29. The van der Waals surface area contributed by atoms with Crippen molar-refractivity contribution in [2.45, 2.75) is 13.5 Å². The van der Waals surface area contributed by atoms with Crippen molar-refractivity contribution in [3.05, 3.63) is 65.2 Å². The van der Waals surface area contributed by atoms with Crippen molar-refractivity contribution in [2.24, 2.45) is 0 Å². The van der Waals surface area contributed by atoms with Crippen LogP contribution in [0.1, 0.15) is 16.7 Å². The Kier molecular flexibility index (Phi) is 4.41. The van der Waals surface area contributed by atoms with Crippen LogP contribution in [0.5, 0.6) is 0 Å². The number of benzene rings is 2. The molecule has 0 N–H and O–H groups in total. The lowest BCUT2D eigenvalue weighted by molar-refractivity contribution is 0.250. The highest BCUT2D eigenvalue weighted by Crippen LogP contribution is 2.23. The summed E-state index contributed by atoms with van der Waals surface area (Å²) in [6, 6.07) is 19.0. The lowest BCUT2D eigenvalue weighted by Gasteiger charge is -2.36. The van der Waals surface area contributed by atoms with Crippen LogP contribution < -0.4 is 4.90 Å². The van der Waals surface area contributed by atoms with E-state index in [1.807, 2.05) is 12.1 Å². The van der Waals surface area contributed by atoms with Gasteiger partial charge in [-0.2, -0.15) is 5.26 Å². The zero-order valence-corrected chi connectivity index (χ0v) is 13.0. The topological polar surface area (TPSA) is 30.3 Å². The van der Waals surface area contributed by atoms with E-state index in [-0.39, 0.29) is 0 Å². The minimum Gasteiger partial charge on any atom is -0.368 e. The van der Waals surface area contributed by atoms with E-state index in [2.05, 4.69) is 59.2 Å². The Balaban J connectivity index is 1.65. The molecule has 2 aromatic rings. The molecule has 1 saturated heterocycles. The van der Waals surface area contributed by atoms with E-state index >= 15 is 0 Å². The molecule has 0 bridgehead atoms. The minimum atomic E-state index is 0.780. The molecular weight excluding hydrogens is 270 g/mol. The van der Waals surface area contributed by atoms with Crippen LogP contribution in [-0.2, 0) is 6.54 Å². The Morgan fingerprint density at radius 1 is 1.00 bits per heavy atom. The molecule has 0 atom stereocenters. The zero-order chi connectivity index (χ0) is 15.4. The van der Waals surface area contributed by atoms with E-state index in [0.29, 0.717) is 0 Å². The second-order valence-electron chi connectivity index (χ2n) is 5.88. The van der Waals surface area contributed by atoms with Gasteiger partial charge in [-0.15, -0.1) is 0 Å². The van der Waals surface area contributed by atoms with Gasteiger partial charge in [0.15, 0.2) is 0 Å². The maximum absolute atomic E-state index is 9.30. The van der Waals surface area contributed by atoms with Gasteiger partial charge in [0.2, 0.25) is 0 Å². The predicted molar refractivity (Wildman–Crippen MR) is 89.8 cm³/mol. The Bertz CT molecular complexity index is 665. The van der Waals surface area contributed by atoms with Crippen molar-refractivity contribution in [3.8, 4) is 6.07 Å². The van der Waals surface area contributed by atoms with Gasteiger partial charge in [-0.05, 0) is 30.2 Å². The monoisotopic (exact) mass is 291 g/mol. The summed E-state index contributed by atoms with van der Waals surface area (Å²) in [5.74, 6) is 0. The maximum atomic E-state index is 9.30. The molecule has 1 aliphatic heterocycles. The largest absolute Gasteiger partial charge is 0.368 e. The van der Waals surface area contributed by atoms with Crippen molar-refractivity contribution in [2.75, 3.05) is 31.1 Å². The summed E-state index contributed by atoms with van der Waals surface area (Å²) in [5.41, 5.74) is 4.44. The van der Waals surface area contributed by atoms with Crippen molar-refractivity contribution < 1.29 is 0 Å². The molecule has 3 rings (SSSR count). The Morgan fingerprint density at radius 3 is 2.41 bits per heavy atom. The lowest BCUT2D eigenvalue weighted by Crippen LogP contribution is -2.46. The second-order valence-corrected chi connectivity index (χ2v) is 5.88. The minimum absolute atomic E-state index is 0.780. The van der Waals surface area contributed by atoms with Gasteiger partial charge in [-0.1, -0.05) is 36.4 Å². The average Bonchev–Trinajstić information content (AvgIpc) is 2.56. The fourth-order valence-corrected chi connectivity index (χ4v) is 2.99. The normalized spacial score (nSPS) is 15.5. The maximum Gasteiger partial charge on any atom is 0.101 e. The van der Waals surface area contributed by atoms with E-state index in [0.717, 1.165) is 44.0 Å². The molecule has 0 unspecified atom stereocenters. The first-order valence-corrected chi connectivity index (χ1v) is 7.78. The van der Waals surface area contributed by atoms with Gasteiger partial charge in [0, 0.05) is 32.7 Å². The first-order chi connectivity index (χ1) is 10.8. The molecule has 1 heterocycles. The van der Waals surface area contributed by atoms with Crippen molar-refractivity contribution >= 4 is 5.69 Å². The number of anilines is 1. The van der Waals surface area contributed by atoms with Crippen molar-refractivity contribution in [1.29, 1.82) is 5.26 Å². The number of nitriles is 1. The molecule has 2 aromatic carbocycles. The summed E-state index contributed by atoms with van der Waals surface area (Å²) in [7, 11) is 0. The number of hydrogen-bond acceptors (Lipinski definition) is 3. The van der Waals surface area contributed by atoms with E-state index < -0.39 is 0 Å². The summed E-state index contributed by atoms with van der Waals surface area (Å²) in [5, 5.41) is 9.30. The summed E-state index contributed by atoms with van der Waals surface area (Å²) in [6.45, 7) is 7.11. The Hall–Kier alpha value is -2.31. The number of hydrogen-bond donors (Lipinski definition) is 0.